The molecule has 1 rings (SSSR count). The summed E-state index contributed by atoms with van der Waals surface area (Å²) in [6.45, 7) is 2.43. The highest BCUT2D eigenvalue weighted by atomic mass is 32.1. The molecular weight excluding hydrogens is 250 g/mol. The minimum Gasteiger partial charge on any atom is -0.468 e. The Bertz CT molecular complexity index is 389. The van der Waals surface area contributed by atoms with Gasteiger partial charge in [0.05, 0.1) is 7.11 Å². The van der Waals surface area contributed by atoms with E-state index in [0.717, 1.165) is 6.42 Å². The topological polar surface area (TPSA) is 46.6 Å². The number of likely N-dealkylation sites (N-methyl/N-ethyl adjacent to an activating group) is 1. The second-order valence-electron chi connectivity index (χ2n) is 4.07. The van der Waals surface area contributed by atoms with Crippen LogP contribution in [0.5, 0.6) is 0 Å². The first kappa shape index (κ1) is 14.7. The Morgan fingerprint density at radius 3 is 2.72 bits per heavy atom. The highest BCUT2D eigenvalue weighted by Crippen LogP contribution is 2.12. The molecule has 0 bridgehead atoms. The number of hydrogen-bond donors (Lipinski definition) is 0. The molecule has 1 aromatic heterocycles. The molecule has 1 aromatic rings. The van der Waals surface area contributed by atoms with Crippen LogP contribution in [0.4, 0.5) is 0 Å². The van der Waals surface area contributed by atoms with Gasteiger partial charge in [0.25, 0.3) is 0 Å². The van der Waals surface area contributed by atoms with Gasteiger partial charge in [-0.1, -0.05) is 13.0 Å². The first-order chi connectivity index (χ1) is 8.60. The molecular formula is C13H19NO3S. The molecule has 0 aliphatic heterocycles. The highest BCUT2D eigenvalue weighted by Gasteiger charge is 2.28. The van der Waals surface area contributed by atoms with E-state index < -0.39 is 11.9 Å². The van der Waals surface area contributed by atoms with Crippen molar-refractivity contribution < 1.29 is 14.3 Å². The van der Waals surface area contributed by atoms with Gasteiger partial charge in [-0.25, -0.2) is 0 Å². The SMILES string of the molecule is CCC(C(=O)OC)C(=O)N(C)CCc1cccs1. The molecule has 1 unspecified atom stereocenters. The Labute approximate surface area is 112 Å². The molecule has 0 spiro atoms. The van der Waals surface area contributed by atoms with Gasteiger partial charge in [-0.3, -0.25) is 9.59 Å². The zero-order valence-electron chi connectivity index (χ0n) is 11.0. The van der Waals surface area contributed by atoms with Crippen LogP contribution in [0.1, 0.15) is 18.2 Å². The lowest BCUT2D eigenvalue weighted by molar-refractivity contribution is -0.153. The number of amides is 1. The number of esters is 1. The van der Waals surface area contributed by atoms with E-state index in [1.165, 1.54) is 12.0 Å². The monoisotopic (exact) mass is 269 g/mol. The molecule has 0 fully saturated rings. The van der Waals surface area contributed by atoms with E-state index in [1.54, 1.807) is 23.3 Å². The lowest BCUT2D eigenvalue weighted by atomic mass is 10.1. The molecule has 0 saturated heterocycles. The van der Waals surface area contributed by atoms with Gasteiger partial charge in [0.2, 0.25) is 5.91 Å². The summed E-state index contributed by atoms with van der Waals surface area (Å²) < 4.78 is 4.64. The van der Waals surface area contributed by atoms with Gasteiger partial charge in [-0.15, -0.1) is 11.3 Å². The number of hydrogen-bond acceptors (Lipinski definition) is 4. The molecule has 4 nitrogen and oxygen atoms in total. The lowest BCUT2D eigenvalue weighted by Gasteiger charge is -2.21. The van der Waals surface area contributed by atoms with Gasteiger partial charge < -0.3 is 9.64 Å². The summed E-state index contributed by atoms with van der Waals surface area (Å²) in [5.74, 6) is -1.30. The quantitative estimate of drug-likeness (QED) is 0.586. The first-order valence-corrected chi connectivity index (χ1v) is 6.83. The predicted molar refractivity (Wildman–Crippen MR) is 71.5 cm³/mol. The second kappa shape index (κ2) is 7.16. The molecule has 0 saturated carbocycles. The number of methoxy groups -OCH3 is 1. The van der Waals surface area contributed by atoms with Crippen LogP contribution in [0.25, 0.3) is 0 Å². The number of carbonyl (C=O) groups is 2. The first-order valence-electron chi connectivity index (χ1n) is 5.95. The molecule has 1 atom stereocenters. The Hall–Kier alpha value is -1.36. The van der Waals surface area contributed by atoms with E-state index in [4.69, 9.17) is 0 Å². The largest absolute Gasteiger partial charge is 0.468 e. The predicted octanol–water partition coefficient (Wildman–Crippen LogP) is 1.95. The summed E-state index contributed by atoms with van der Waals surface area (Å²) in [6, 6.07) is 4.03. The summed E-state index contributed by atoms with van der Waals surface area (Å²) >= 11 is 1.67. The third kappa shape index (κ3) is 3.84. The van der Waals surface area contributed by atoms with Crippen LogP contribution in [0.2, 0.25) is 0 Å². The Kier molecular flexibility index (Phi) is 5.85. The Morgan fingerprint density at radius 1 is 1.50 bits per heavy atom. The number of carbonyl (C=O) groups excluding carboxylic acids is 2. The maximum atomic E-state index is 12.1. The van der Waals surface area contributed by atoms with Crippen LogP contribution in [0, 0.1) is 5.92 Å². The van der Waals surface area contributed by atoms with E-state index in [0.29, 0.717) is 13.0 Å². The molecule has 18 heavy (non-hydrogen) atoms. The zero-order chi connectivity index (χ0) is 13.5. The molecule has 0 aliphatic rings. The van der Waals surface area contributed by atoms with Gasteiger partial charge in [0, 0.05) is 18.5 Å². The van der Waals surface area contributed by atoms with E-state index in [1.807, 2.05) is 24.4 Å². The van der Waals surface area contributed by atoms with E-state index in [2.05, 4.69) is 4.74 Å². The Morgan fingerprint density at radius 2 is 2.22 bits per heavy atom. The summed E-state index contributed by atoms with van der Waals surface area (Å²) in [4.78, 5) is 26.4. The van der Waals surface area contributed by atoms with Crippen molar-refractivity contribution in [2.45, 2.75) is 19.8 Å². The van der Waals surface area contributed by atoms with Gasteiger partial charge in [-0.2, -0.15) is 0 Å². The van der Waals surface area contributed by atoms with Crippen LogP contribution in [0.15, 0.2) is 17.5 Å². The molecule has 100 valence electrons. The van der Waals surface area contributed by atoms with Gasteiger partial charge in [-0.05, 0) is 24.3 Å². The van der Waals surface area contributed by atoms with Gasteiger partial charge in [0.1, 0.15) is 5.92 Å². The molecule has 5 heteroatoms. The molecule has 0 N–H and O–H groups in total. The minimum absolute atomic E-state index is 0.166. The summed E-state index contributed by atoms with van der Waals surface area (Å²) in [5.41, 5.74) is 0. The standard InChI is InChI=1S/C13H19NO3S/c1-4-11(13(16)17-3)12(15)14(2)8-7-10-6-5-9-18-10/h5-6,9,11H,4,7-8H2,1-3H3. The molecule has 1 heterocycles. The average Bonchev–Trinajstić information content (AvgIpc) is 2.89. The summed E-state index contributed by atoms with van der Waals surface area (Å²) in [6.07, 6.45) is 1.28. The number of thiophene rings is 1. The smallest absolute Gasteiger partial charge is 0.318 e. The second-order valence-corrected chi connectivity index (χ2v) is 5.11. The lowest BCUT2D eigenvalue weighted by Crippen LogP contribution is -2.38. The fourth-order valence-corrected chi connectivity index (χ4v) is 2.39. The van der Waals surface area contributed by atoms with Crippen molar-refractivity contribution in [2.75, 3.05) is 20.7 Å². The van der Waals surface area contributed by atoms with Gasteiger partial charge >= 0.3 is 5.97 Å². The van der Waals surface area contributed by atoms with Crippen molar-refractivity contribution in [3.8, 4) is 0 Å². The van der Waals surface area contributed by atoms with Crippen LogP contribution >= 0.6 is 11.3 Å². The normalized spacial score (nSPS) is 11.9. The molecule has 0 aromatic carbocycles. The third-order valence-corrected chi connectivity index (χ3v) is 3.78. The van der Waals surface area contributed by atoms with Crippen LogP contribution in [-0.4, -0.2) is 37.5 Å². The van der Waals surface area contributed by atoms with Crippen molar-refractivity contribution in [1.82, 2.24) is 4.90 Å². The van der Waals surface area contributed by atoms with E-state index >= 15 is 0 Å². The number of ether oxygens (including phenoxy) is 1. The molecule has 0 radical (unpaired) electrons. The van der Waals surface area contributed by atoms with Crippen LogP contribution in [0.3, 0.4) is 0 Å². The third-order valence-electron chi connectivity index (χ3n) is 2.84. The van der Waals surface area contributed by atoms with E-state index in [9.17, 15) is 9.59 Å². The number of rotatable bonds is 6. The van der Waals surface area contributed by atoms with Crippen molar-refractivity contribution in [3.05, 3.63) is 22.4 Å². The fraction of sp³-hybridized carbons (Fsp3) is 0.538. The zero-order valence-corrected chi connectivity index (χ0v) is 11.8. The van der Waals surface area contributed by atoms with Crippen molar-refractivity contribution in [1.29, 1.82) is 0 Å². The molecule has 0 aliphatic carbocycles. The van der Waals surface area contributed by atoms with Gasteiger partial charge in [0.15, 0.2) is 0 Å². The van der Waals surface area contributed by atoms with Crippen molar-refractivity contribution in [3.63, 3.8) is 0 Å². The average molecular weight is 269 g/mol. The van der Waals surface area contributed by atoms with Crippen LogP contribution < -0.4 is 0 Å². The molecule has 1 amide bonds. The number of nitrogens with zero attached hydrogens (tertiary/aromatic N) is 1. The maximum absolute atomic E-state index is 12.1. The van der Waals surface area contributed by atoms with Crippen molar-refractivity contribution in [2.24, 2.45) is 5.92 Å². The Balaban J connectivity index is 2.51. The van der Waals surface area contributed by atoms with E-state index in [-0.39, 0.29) is 5.91 Å². The fourth-order valence-electron chi connectivity index (χ4n) is 1.69. The maximum Gasteiger partial charge on any atom is 0.318 e. The van der Waals surface area contributed by atoms with Crippen molar-refractivity contribution >= 4 is 23.2 Å². The minimum atomic E-state index is -0.677. The van der Waals surface area contributed by atoms with Crippen LogP contribution in [-0.2, 0) is 20.7 Å². The summed E-state index contributed by atoms with van der Waals surface area (Å²) in [7, 11) is 3.03. The highest BCUT2D eigenvalue weighted by molar-refractivity contribution is 7.09. The summed E-state index contributed by atoms with van der Waals surface area (Å²) in [5, 5.41) is 2.01.